The second-order valence-corrected chi connectivity index (χ2v) is 12.3. The summed E-state index contributed by atoms with van der Waals surface area (Å²) < 4.78 is 33.8. The molecule has 0 aliphatic rings. The molecule has 1 amide bonds. The number of sulfonamides is 1. The Hall–Kier alpha value is -3.82. The van der Waals surface area contributed by atoms with Crippen molar-refractivity contribution in [1.29, 1.82) is 0 Å². The number of H-pyrrole nitrogens is 1. The van der Waals surface area contributed by atoms with Crippen molar-refractivity contribution in [2.75, 3.05) is 17.9 Å². The van der Waals surface area contributed by atoms with Gasteiger partial charge in [0.05, 0.1) is 22.3 Å². The summed E-state index contributed by atoms with van der Waals surface area (Å²) in [4.78, 5) is 15.7. The Labute approximate surface area is 223 Å². The molecule has 0 saturated heterocycles. The van der Waals surface area contributed by atoms with Gasteiger partial charge in [0.1, 0.15) is 0 Å². The SMILES string of the molecule is CC(O)CNC(=O)Oc1[nH]c2ccc(N(C)S(=O)(=O)c3ccc(C(C)(C)C)cc3)cc2c1-c1ccccc1. The standard InChI is InChI=1S/C29H33N3O5S/c1-19(33)18-30-28(34)37-27-26(20-9-7-6-8-10-20)24-17-22(13-16-25(24)31-27)32(5)38(35,36)23-14-11-21(12-15-23)29(2,3)4/h6-17,19,31,33H,18H2,1-5H3,(H,30,34). The molecule has 4 aromatic rings. The Bertz CT molecular complexity index is 1540. The molecule has 8 nitrogen and oxygen atoms in total. The van der Waals surface area contributed by atoms with E-state index < -0.39 is 22.2 Å². The van der Waals surface area contributed by atoms with Gasteiger partial charge in [-0.3, -0.25) is 4.31 Å². The molecule has 1 aromatic heterocycles. The summed E-state index contributed by atoms with van der Waals surface area (Å²) in [6.45, 7) is 7.84. The first-order valence-corrected chi connectivity index (χ1v) is 13.8. The van der Waals surface area contributed by atoms with Gasteiger partial charge in [0.2, 0.25) is 5.88 Å². The van der Waals surface area contributed by atoms with Crippen molar-refractivity contribution in [3.8, 4) is 17.0 Å². The Kier molecular flexibility index (Phi) is 7.53. The minimum absolute atomic E-state index is 0.0449. The summed E-state index contributed by atoms with van der Waals surface area (Å²) in [7, 11) is -2.31. The van der Waals surface area contributed by atoms with Gasteiger partial charge in [-0.1, -0.05) is 63.2 Å². The highest BCUT2D eigenvalue weighted by Crippen LogP contribution is 2.39. The fourth-order valence-corrected chi connectivity index (χ4v) is 5.29. The molecule has 0 aliphatic heterocycles. The quantitative estimate of drug-likeness (QED) is 0.292. The first-order valence-electron chi connectivity index (χ1n) is 12.3. The topological polar surface area (TPSA) is 112 Å². The van der Waals surface area contributed by atoms with Crippen molar-refractivity contribution in [3.05, 3.63) is 78.4 Å². The Morgan fingerprint density at radius 1 is 1.05 bits per heavy atom. The average molecular weight is 536 g/mol. The fraction of sp³-hybridized carbons (Fsp3) is 0.276. The predicted octanol–water partition coefficient (Wildman–Crippen LogP) is 5.43. The van der Waals surface area contributed by atoms with Gasteiger partial charge in [-0.15, -0.1) is 0 Å². The number of aromatic nitrogens is 1. The molecular formula is C29H33N3O5S. The van der Waals surface area contributed by atoms with E-state index in [1.165, 1.54) is 11.4 Å². The molecule has 0 aliphatic carbocycles. The van der Waals surface area contributed by atoms with Crippen molar-refractivity contribution >= 4 is 32.7 Å². The van der Waals surface area contributed by atoms with Gasteiger partial charge in [-0.05, 0) is 53.8 Å². The number of rotatable bonds is 7. The van der Waals surface area contributed by atoms with Crippen LogP contribution in [-0.4, -0.2) is 44.3 Å². The molecule has 9 heteroatoms. The van der Waals surface area contributed by atoms with E-state index >= 15 is 0 Å². The molecule has 1 atom stereocenters. The molecule has 3 aromatic carbocycles. The van der Waals surface area contributed by atoms with Crippen LogP contribution in [0.4, 0.5) is 10.5 Å². The maximum Gasteiger partial charge on any atom is 0.413 e. The monoisotopic (exact) mass is 535 g/mol. The second-order valence-electron chi connectivity index (χ2n) is 10.3. The molecule has 1 heterocycles. The zero-order valence-electron chi connectivity index (χ0n) is 22.1. The first-order chi connectivity index (χ1) is 17.9. The third-order valence-corrected chi connectivity index (χ3v) is 8.09. The van der Waals surface area contributed by atoms with E-state index in [-0.39, 0.29) is 22.7 Å². The van der Waals surface area contributed by atoms with E-state index in [1.54, 1.807) is 37.3 Å². The van der Waals surface area contributed by atoms with E-state index in [0.29, 0.717) is 22.2 Å². The van der Waals surface area contributed by atoms with Gasteiger partial charge >= 0.3 is 6.09 Å². The number of hydrogen-bond donors (Lipinski definition) is 3. The van der Waals surface area contributed by atoms with Crippen LogP contribution in [0.1, 0.15) is 33.3 Å². The summed E-state index contributed by atoms with van der Waals surface area (Å²) >= 11 is 0. The normalized spacial score (nSPS) is 12.8. The van der Waals surface area contributed by atoms with Crippen LogP contribution in [0.15, 0.2) is 77.7 Å². The van der Waals surface area contributed by atoms with E-state index in [1.807, 2.05) is 42.5 Å². The van der Waals surface area contributed by atoms with Gasteiger partial charge in [-0.2, -0.15) is 0 Å². The molecule has 1 unspecified atom stereocenters. The van der Waals surface area contributed by atoms with Crippen molar-refractivity contribution < 1.29 is 23.1 Å². The number of anilines is 1. The molecule has 200 valence electrons. The molecule has 0 radical (unpaired) electrons. The van der Waals surface area contributed by atoms with E-state index in [4.69, 9.17) is 4.74 Å². The van der Waals surface area contributed by atoms with Crippen molar-refractivity contribution in [2.24, 2.45) is 0 Å². The predicted molar refractivity (Wildman–Crippen MR) is 150 cm³/mol. The Morgan fingerprint density at radius 2 is 1.71 bits per heavy atom. The number of carbonyl (C=O) groups excluding carboxylic acids is 1. The highest BCUT2D eigenvalue weighted by molar-refractivity contribution is 7.92. The largest absolute Gasteiger partial charge is 0.413 e. The maximum atomic E-state index is 13.5. The highest BCUT2D eigenvalue weighted by Gasteiger charge is 2.24. The van der Waals surface area contributed by atoms with Crippen LogP contribution < -0.4 is 14.4 Å². The van der Waals surface area contributed by atoms with E-state index in [2.05, 4.69) is 31.1 Å². The Balaban J connectivity index is 1.74. The number of fused-ring (bicyclic) bond motifs is 1. The molecule has 0 spiro atoms. The number of benzene rings is 3. The van der Waals surface area contributed by atoms with Crippen molar-refractivity contribution in [3.63, 3.8) is 0 Å². The molecule has 3 N–H and O–H groups in total. The number of nitrogens with one attached hydrogen (secondary N) is 2. The van der Waals surface area contributed by atoms with Crippen LogP contribution in [0.2, 0.25) is 0 Å². The summed E-state index contributed by atoms with van der Waals surface area (Å²) in [6.07, 6.45) is -1.43. The van der Waals surface area contributed by atoms with Crippen LogP contribution in [0.25, 0.3) is 22.0 Å². The summed E-state index contributed by atoms with van der Waals surface area (Å²) in [5.41, 5.74) is 3.50. The lowest BCUT2D eigenvalue weighted by molar-refractivity contribution is 0.171. The van der Waals surface area contributed by atoms with Crippen LogP contribution in [-0.2, 0) is 15.4 Å². The van der Waals surface area contributed by atoms with Gasteiger partial charge in [0.15, 0.2) is 0 Å². The summed E-state index contributed by atoms with van der Waals surface area (Å²) in [6, 6.07) is 21.5. The number of nitrogens with zero attached hydrogens (tertiary/aromatic N) is 1. The van der Waals surface area contributed by atoms with Crippen molar-refractivity contribution in [2.45, 2.75) is 44.1 Å². The number of aromatic amines is 1. The van der Waals surface area contributed by atoms with Gasteiger partial charge in [0.25, 0.3) is 10.0 Å². The lowest BCUT2D eigenvalue weighted by Gasteiger charge is -2.22. The smallest absolute Gasteiger partial charge is 0.393 e. The van der Waals surface area contributed by atoms with E-state index in [0.717, 1.165) is 11.1 Å². The molecule has 38 heavy (non-hydrogen) atoms. The number of aliphatic hydroxyl groups is 1. The Morgan fingerprint density at radius 3 is 2.32 bits per heavy atom. The van der Waals surface area contributed by atoms with Crippen LogP contribution in [0, 0.1) is 0 Å². The van der Waals surface area contributed by atoms with Crippen LogP contribution >= 0.6 is 0 Å². The number of aliphatic hydroxyl groups excluding tert-OH is 1. The molecular weight excluding hydrogens is 502 g/mol. The number of amides is 1. The number of hydrogen-bond acceptors (Lipinski definition) is 5. The zero-order valence-corrected chi connectivity index (χ0v) is 23.0. The summed E-state index contributed by atoms with van der Waals surface area (Å²) in [5, 5.41) is 12.7. The minimum Gasteiger partial charge on any atom is -0.393 e. The lowest BCUT2D eigenvalue weighted by atomic mass is 9.87. The van der Waals surface area contributed by atoms with Crippen LogP contribution in [0.5, 0.6) is 5.88 Å². The lowest BCUT2D eigenvalue weighted by Crippen LogP contribution is -2.33. The highest BCUT2D eigenvalue weighted by atomic mass is 32.2. The minimum atomic E-state index is -3.82. The van der Waals surface area contributed by atoms with Crippen LogP contribution in [0.3, 0.4) is 0 Å². The third kappa shape index (κ3) is 5.69. The molecule has 0 saturated carbocycles. The molecule has 4 rings (SSSR count). The first kappa shape index (κ1) is 27.2. The third-order valence-electron chi connectivity index (χ3n) is 6.29. The van der Waals surface area contributed by atoms with Gasteiger partial charge in [0, 0.05) is 24.5 Å². The second kappa shape index (κ2) is 10.5. The van der Waals surface area contributed by atoms with Crippen molar-refractivity contribution in [1.82, 2.24) is 10.3 Å². The van der Waals surface area contributed by atoms with Gasteiger partial charge < -0.3 is 20.1 Å². The average Bonchev–Trinajstić information content (AvgIpc) is 3.23. The number of ether oxygens (including phenoxy) is 1. The molecule has 0 fully saturated rings. The van der Waals surface area contributed by atoms with Gasteiger partial charge in [-0.25, -0.2) is 13.2 Å². The maximum absolute atomic E-state index is 13.5. The summed E-state index contributed by atoms with van der Waals surface area (Å²) in [5.74, 6) is 0.217. The fourth-order valence-electron chi connectivity index (χ4n) is 4.10. The number of carbonyl (C=O) groups is 1. The zero-order chi connectivity index (χ0) is 27.7. The molecule has 0 bridgehead atoms. The van der Waals surface area contributed by atoms with E-state index in [9.17, 15) is 18.3 Å².